The molecule has 1 aliphatic rings. The lowest BCUT2D eigenvalue weighted by Crippen LogP contribution is -2.39. The van der Waals surface area contributed by atoms with Gasteiger partial charge in [-0.2, -0.15) is 10.5 Å². The smallest absolute Gasteiger partial charge is 0.329 e. The largest absolute Gasteiger partial charge is 0.462 e. The Morgan fingerprint density at radius 3 is 2.55 bits per heavy atom. The Morgan fingerprint density at radius 2 is 2.05 bits per heavy atom. The van der Waals surface area contributed by atoms with Gasteiger partial charge in [0.25, 0.3) is 5.91 Å². The number of imide groups is 1. The predicted molar refractivity (Wildman–Crippen MR) is 66.6 cm³/mol. The van der Waals surface area contributed by atoms with Crippen molar-refractivity contribution in [3.63, 3.8) is 0 Å². The minimum absolute atomic E-state index is 0.0649. The van der Waals surface area contributed by atoms with E-state index in [0.717, 1.165) is 11.2 Å². The number of amides is 3. The number of nitrogens with one attached hydrogen (secondary N) is 1. The van der Waals surface area contributed by atoms with Gasteiger partial charge in [-0.3, -0.25) is 4.79 Å². The third-order valence-electron chi connectivity index (χ3n) is 2.82. The van der Waals surface area contributed by atoms with Gasteiger partial charge in [0.05, 0.1) is 0 Å². The number of nitriles is 2. The Bertz CT molecular complexity index is 700. The number of carbonyl (C=O) groups is 2. The first-order valence-electron chi connectivity index (χ1n) is 5.66. The second-order valence-corrected chi connectivity index (χ2v) is 4.66. The average molecular weight is 270 g/mol. The van der Waals surface area contributed by atoms with Gasteiger partial charge in [-0.1, -0.05) is 0 Å². The summed E-state index contributed by atoms with van der Waals surface area (Å²) >= 11 is 0. The predicted octanol–water partition coefficient (Wildman–Crippen LogP) is 1.32. The zero-order valence-electron chi connectivity index (χ0n) is 10.8. The second-order valence-electron chi connectivity index (χ2n) is 4.66. The lowest BCUT2D eigenvalue weighted by molar-refractivity contribution is -0.128. The molecular formula is C13H10N4O3. The highest BCUT2D eigenvalue weighted by molar-refractivity contribution is 6.07. The number of carbonyl (C=O) groups excluding carboxylic acids is 2. The van der Waals surface area contributed by atoms with E-state index in [9.17, 15) is 9.59 Å². The summed E-state index contributed by atoms with van der Waals surface area (Å²) in [5.41, 5.74) is -0.805. The number of hydrogen-bond acceptors (Lipinski definition) is 5. The normalized spacial score (nSPS) is 17.1. The molecule has 3 amide bonds. The molecule has 0 unspecified atom stereocenters. The number of nitrogens with zero attached hydrogens (tertiary/aromatic N) is 3. The zero-order valence-corrected chi connectivity index (χ0v) is 10.8. The molecule has 1 fully saturated rings. The van der Waals surface area contributed by atoms with E-state index in [2.05, 4.69) is 5.32 Å². The van der Waals surface area contributed by atoms with Gasteiger partial charge in [-0.05, 0) is 19.9 Å². The molecule has 0 spiro atoms. The van der Waals surface area contributed by atoms with Gasteiger partial charge in [0.15, 0.2) is 0 Å². The Kier molecular flexibility index (Phi) is 3.05. The SMILES string of the molecule is CC1(C)NC(=O)N(/C=C/c2occ(C#N)c2C#N)C1=O. The van der Waals surface area contributed by atoms with E-state index in [0.29, 0.717) is 0 Å². The summed E-state index contributed by atoms with van der Waals surface area (Å²) in [6.07, 6.45) is 3.67. The van der Waals surface area contributed by atoms with Crippen LogP contribution in [0.15, 0.2) is 16.9 Å². The minimum Gasteiger partial charge on any atom is -0.462 e. The summed E-state index contributed by atoms with van der Waals surface area (Å²) in [6, 6.07) is 3.10. The Labute approximate surface area is 114 Å². The Morgan fingerprint density at radius 1 is 1.35 bits per heavy atom. The average Bonchev–Trinajstić information content (AvgIpc) is 2.87. The van der Waals surface area contributed by atoms with Crippen molar-refractivity contribution in [3.05, 3.63) is 29.4 Å². The van der Waals surface area contributed by atoms with Crippen LogP contribution in [0.2, 0.25) is 0 Å². The second kappa shape index (κ2) is 4.56. The fourth-order valence-corrected chi connectivity index (χ4v) is 1.75. The van der Waals surface area contributed by atoms with Crippen molar-refractivity contribution in [2.24, 2.45) is 0 Å². The number of furan rings is 1. The van der Waals surface area contributed by atoms with Crippen LogP contribution in [0.3, 0.4) is 0 Å². The lowest BCUT2D eigenvalue weighted by atomic mass is 10.1. The summed E-state index contributed by atoms with van der Waals surface area (Å²) in [5.74, 6) is -0.293. The van der Waals surface area contributed by atoms with Crippen molar-refractivity contribution in [3.8, 4) is 12.1 Å². The number of hydrogen-bond donors (Lipinski definition) is 1. The first-order valence-corrected chi connectivity index (χ1v) is 5.66. The molecule has 100 valence electrons. The molecule has 1 aromatic rings. The standard InChI is InChI=1S/C13H10N4O3/c1-13(2)11(18)17(12(19)16-13)4-3-10-9(6-15)8(5-14)7-20-10/h3-4,7H,1-2H3,(H,16,19)/b4-3+. The van der Waals surface area contributed by atoms with Gasteiger partial charge < -0.3 is 9.73 Å². The maximum absolute atomic E-state index is 11.9. The van der Waals surface area contributed by atoms with Gasteiger partial charge in [-0.25, -0.2) is 9.69 Å². The van der Waals surface area contributed by atoms with Gasteiger partial charge in [0, 0.05) is 6.20 Å². The van der Waals surface area contributed by atoms with Crippen LogP contribution in [-0.4, -0.2) is 22.4 Å². The molecule has 0 atom stereocenters. The van der Waals surface area contributed by atoms with Crippen LogP contribution >= 0.6 is 0 Å². The molecule has 20 heavy (non-hydrogen) atoms. The molecule has 1 aliphatic heterocycles. The summed E-state index contributed by atoms with van der Waals surface area (Å²) in [6.45, 7) is 3.17. The molecule has 2 rings (SSSR count). The first-order chi connectivity index (χ1) is 9.40. The summed E-state index contributed by atoms with van der Waals surface area (Å²) in [5, 5.41) is 20.2. The minimum atomic E-state index is -0.972. The van der Waals surface area contributed by atoms with Crippen molar-refractivity contribution in [1.82, 2.24) is 10.2 Å². The van der Waals surface area contributed by atoms with Gasteiger partial charge in [0.2, 0.25) is 0 Å². The van der Waals surface area contributed by atoms with Crippen LogP contribution in [-0.2, 0) is 4.79 Å². The molecular weight excluding hydrogens is 260 g/mol. The van der Waals surface area contributed by atoms with Crippen LogP contribution in [0.25, 0.3) is 6.08 Å². The molecule has 1 saturated heterocycles. The van der Waals surface area contributed by atoms with E-state index in [1.807, 2.05) is 12.1 Å². The summed E-state index contributed by atoms with van der Waals surface area (Å²) in [7, 11) is 0. The van der Waals surface area contributed by atoms with Crippen molar-refractivity contribution in [2.45, 2.75) is 19.4 Å². The zero-order chi connectivity index (χ0) is 14.9. The third kappa shape index (κ3) is 2.02. The topological polar surface area (TPSA) is 110 Å². The fraction of sp³-hybridized carbons (Fsp3) is 0.231. The third-order valence-corrected chi connectivity index (χ3v) is 2.82. The highest BCUT2D eigenvalue weighted by Gasteiger charge is 2.43. The molecule has 0 saturated carbocycles. The van der Waals surface area contributed by atoms with E-state index in [-0.39, 0.29) is 16.9 Å². The monoisotopic (exact) mass is 270 g/mol. The van der Waals surface area contributed by atoms with Crippen LogP contribution < -0.4 is 5.32 Å². The molecule has 0 aliphatic carbocycles. The molecule has 7 heteroatoms. The highest BCUT2D eigenvalue weighted by Crippen LogP contribution is 2.20. The maximum Gasteiger partial charge on any atom is 0.329 e. The first kappa shape index (κ1) is 13.4. The van der Waals surface area contributed by atoms with Crippen LogP contribution in [0, 0.1) is 22.7 Å². The van der Waals surface area contributed by atoms with Gasteiger partial charge >= 0.3 is 6.03 Å². The number of urea groups is 1. The Balaban J connectivity index is 2.30. The van der Waals surface area contributed by atoms with Gasteiger partial charge in [-0.15, -0.1) is 0 Å². The van der Waals surface area contributed by atoms with E-state index in [1.165, 1.54) is 12.3 Å². The van der Waals surface area contributed by atoms with E-state index < -0.39 is 17.5 Å². The van der Waals surface area contributed by atoms with Crippen molar-refractivity contribution in [2.75, 3.05) is 0 Å². The molecule has 1 aromatic heterocycles. The lowest BCUT2D eigenvalue weighted by Gasteiger charge is -2.13. The molecule has 0 bridgehead atoms. The van der Waals surface area contributed by atoms with E-state index in [4.69, 9.17) is 14.9 Å². The maximum atomic E-state index is 11.9. The molecule has 0 aromatic carbocycles. The van der Waals surface area contributed by atoms with Crippen LogP contribution in [0.4, 0.5) is 4.79 Å². The molecule has 0 radical (unpaired) electrons. The summed E-state index contributed by atoms with van der Waals surface area (Å²) in [4.78, 5) is 24.4. The van der Waals surface area contributed by atoms with Crippen molar-refractivity contribution >= 4 is 18.0 Å². The molecule has 7 nitrogen and oxygen atoms in total. The Hall–Kier alpha value is -3.06. The van der Waals surface area contributed by atoms with Gasteiger partial charge in [0.1, 0.15) is 40.8 Å². The molecule has 1 N–H and O–H groups in total. The molecule has 2 heterocycles. The number of rotatable bonds is 2. The van der Waals surface area contributed by atoms with E-state index >= 15 is 0 Å². The highest BCUT2D eigenvalue weighted by atomic mass is 16.3. The van der Waals surface area contributed by atoms with Crippen molar-refractivity contribution < 1.29 is 14.0 Å². The van der Waals surface area contributed by atoms with E-state index in [1.54, 1.807) is 13.8 Å². The van der Waals surface area contributed by atoms with Crippen LogP contribution in [0.5, 0.6) is 0 Å². The van der Waals surface area contributed by atoms with Crippen LogP contribution in [0.1, 0.15) is 30.7 Å². The summed E-state index contributed by atoms with van der Waals surface area (Å²) < 4.78 is 5.06. The fourth-order valence-electron chi connectivity index (χ4n) is 1.75. The quantitative estimate of drug-likeness (QED) is 0.815. The van der Waals surface area contributed by atoms with Crippen molar-refractivity contribution in [1.29, 1.82) is 10.5 Å².